The Morgan fingerprint density at radius 3 is 2.62 bits per heavy atom. The molecule has 0 aliphatic carbocycles. The maximum atomic E-state index is 12.4. The Balaban J connectivity index is 1.76. The second-order valence-electron chi connectivity index (χ2n) is 5.79. The number of esters is 1. The van der Waals surface area contributed by atoms with Crippen LogP contribution in [-0.4, -0.2) is 54.4 Å². The van der Waals surface area contributed by atoms with Crippen LogP contribution in [0.4, 0.5) is 5.82 Å². The molecule has 1 aromatic heterocycles. The van der Waals surface area contributed by atoms with E-state index >= 15 is 0 Å². The van der Waals surface area contributed by atoms with Gasteiger partial charge in [-0.2, -0.15) is 5.10 Å². The fourth-order valence-electron chi connectivity index (χ4n) is 3.13. The standard InChI is InChI=1S/C18H22N4O2/c1-24-18(23)17(15-7-3-2-4-8-15)22-12-6-11-21(13-14-22)16-9-5-10-19-20-16/h2-5,7-10,17H,6,11-14H2,1H3. The first-order valence-electron chi connectivity index (χ1n) is 8.19. The predicted octanol–water partition coefficient (Wildman–Crippen LogP) is 1.90. The molecule has 0 bridgehead atoms. The van der Waals surface area contributed by atoms with E-state index in [2.05, 4.69) is 20.0 Å². The average molecular weight is 326 g/mol. The van der Waals surface area contributed by atoms with Gasteiger partial charge in [0.2, 0.25) is 0 Å². The van der Waals surface area contributed by atoms with Crippen molar-refractivity contribution in [1.82, 2.24) is 15.1 Å². The Hall–Kier alpha value is -2.47. The van der Waals surface area contributed by atoms with Crippen molar-refractivity contribution in [2.75, 3.05) is 38.2 Å². The minimum absolute atomic E-state index is 0.214. The lowest BCUT2D eigenvalue weighted by molar-refractivity contribution is -0.147. The van der Waals surface area contributed by atoms with Gasteiger partial charge in [-0.25, -0.2) is 4.79 Å². The van der Waals surface area contributed by atoms with Crippen molar-refractivity contribution >= 4 is 11.8 Å². The van der Waals surface area contributed by atoms with Gasteiger partial charge in [-0.15, -0.1) is 5.10 Å². The Kier molecular flexibility index (Phi) is 5.38. The van der Waals surface area contributed by atoms with Crippen molar-refractivity contribution in [2.45, 2.75) is 12.5 Å². The van der Waals surface area contributed by atoms with Crippen molar-refractivity contribution in [3.05, 3.63) is 54.2 Å². The zero-order valence-electron chi connectivity index (χ0n) is 13.8. The van der Waals surface area contributed by atoms with Gasteiger partial charge in [0.05, 0.1) is 7.11 Å². The van der Waals surface area contributed by atoms with Crippen molar-refractivity contribution in [3.63, 3.8) is 0 Å². The minimum Gasteiger partial charge on any atom is -0.468 e. The van der Waals surface area contributed by atoms with Crippen LogP contribution in [-0.2, 0) is 9.53 Å². The van der Waals surface area contributed by atoms with E-state index in [0.717, 1.165) is 44.0 Å². The second kappa shape index (κ2) is 7.88. The lowest BCUT2D eigenvalue weighted by Crippen LogP contribution is -2.38. The van der Waals surface area contributed by atoms with E-state index in [1.54, 1.807) is 6.20 Å². The summed E-state index contributed by atoms with van der Waals surface area (Å²) in [6.07, 6.45) is 2.63. The van der Waals surface area contributed by atoms with Crippen molar-refractivity contribution in [1.29, 1.82) is 0 Å². The van der Waals surface area contributed by atoms with Gasteiger partial charge in [-0.3, -0.25) is 4.90 Å². The van der Waals surface area contributed by atoms with Crippen molar-refractivity contribution < 1.29 is 9.53 Å². The number of aromatic nitrogens is 2. The molecule has 3 rings (SSSR count). The van der Waals surface area contributed by atoms with Crippen LogP contribution in [0.3, 0.4) is 0 Å². The van der Waals surface area contributed by atoms with E-state index in [1.807, 2.05) is 42.5 Å². The van der Waals surface area contributed by atoms with Crippen LogP contribution in [0.1, 0.15) is 18.0 Å². The third-order valence-electron chi connectivity index (χ3n) is 4.32. The monoisotopic (exact) mass is 326 g/mol. The number of methoxy groups -OCH3 is 1. The molecule has 24 heavy (non-hydrogen) atoms. The fourth-order valence-corrected chi connectivity index (χ4v) is 3.13. The van der Waals surface area contributed by atoms with Crippen LogP contribution in [0.25, 0.3) is 0 Å². The zero-order valence-corrected chi connectivity index (χ0v) is 13.8. The summed E-state index contributed by atoms with van der Waals surface area (Å²) < 4.78 is 5.06. The van der Waals surface area contributed by atoms with Crippen LogP contribution in [0.5, 0.6) is 0 Å². The molecule has 1 aliphatic heterocycles. The molecule has 2 heterocycles. The highest BCUT2D eigenvalue weighted by Crippen LogP contribution is 2.24. The van der Waals surface area contributed by atoms with E-state index in [-0.39, 0.29) is 12.0 Å². The molecule has 0 amide bonds. The zero-order chi connectivity index (χ0) is 16.8. The molecule has 0 radical (unpaired) electrons. The predicted molar refractivity (Wildman–Crippen MR) is 91.6 cm³/mol. The maximum absolute atomic E-state index is 12.4. The summed E-state index contributed by atoms with van der Waals surface area (Å²) in [6, 6.07) is 13.3. The molecule has 1 fully saturated rings. The van der Waals surface area contributed by atoms with Gasteiger partial charge in [0.1, 0.15) is 6.04 Å². The molecule has 0 saturated carbocycles. The van der Waals surface area contributed by atoms with Crippen LogP contribution in [0.2, 0.25) is 0 Å². The smallest absolute Gasteiger partial charge is 0.327 e. The second-order valence-corrected chi connectivity index (χ2v) is 5.79. The van der Waals surface area contributed by atoms with Crippen LogP contribution in [0, 0.1) is 0 Å². The number of nitrogens with zero attached hydrogens (tertiary/aromatic N) is 4. The number of rotatable bonds is 4. The summed E-state index contributed by atoms with van der Waals surface area (Å²) in [5.74, 6) is 0.669. The van der Waals surface area contributed by atoms with E-state index in [4.69, 9.17) is 4.74 Å². The van der Waals surface area contributed by atoms with E-state index < -0.39 is 0 Å². The molecule has 6 heteroatoms. The number of carbonyl (C=O) groups excluding carboxylic acids is 1. The largest absolute Gasteiger partial charge is 0.468 e. The SMILES string of the molecule is COC(=O)C(c1ccccc1)N1CCCN(c2cccnn2)CC1. The first-order valence-corrected chi connectivity index (χ1v) is 8.19. The fraction of sp³-hybridized carbons (Fsp3) is 0.389. The average Bonchev–Trinajstić information content (AvgIpc) is 2.89. The molecule has 1 aromatic carbocycles. The highest BCUT2D eigenvalue weighted by atomic mass is 16.5. The van der Waals surface area contributed by atoms with Crippen molar-refractivity contribution in [3.8, 4) is 0 Å². The van der Waals surface area contributed by atoms with Gasteiger partial charge in [0.15, 0.2) is 5.82 Å². The summed E-state index contributed by atoms with van der Waals surface area (Å²) in [5.41, 5.74) is 0.970. The normalized spacial score (nSPS) is 17.1. The number of hydrogen-bond acceptors (Lipinski definition) is 6. The van der Waals surface area contributed by atoms with Gasteiger partial charge in [0.25, 0.3) is 0 Å². The highest BCUT2D eigenvalue weighted by molar-refractivity contribution is 5.77. The topological polar surface area (TPSA) is 58.6 Å². The van der Waals surface area contributed by atoms with E-state index in [0.29, 0.717) is 0 Å². The minimum atomic E-state index is -0.363. The van der Waals surface area contributed by atoms with Gasteiger partial charge < -0.3 is 9.64 Å². The molecule has 0 N–H and O–H groups in total. The summed E-state index contributed by atoms with van der Waals surface area (Å²) in [7, 11) is 1.45. The molecule has 1 atom stereocenters. The first kappa shape index (κ1) is 16.4. The molecule has 2 aromatic rings. The highest BCUT2D eigenvalue weighted by Gasteiger charge is 2.30. The van der Waals surface area contributed by atoms with Gasteiger partial charge in [0, 0.05) is 32.4 Å². The third kappa shape index (κ3) is 3.71. The number of ether oxygens (including phenoxy) is 1. The van der Waals surface area contributed by atoms with Gasteiger partial charge >= 0.3 is 5.97 Å². The molecule has 6 nitrogen and oxygen atoms in total. The Morgan fingerprint density at radius 1 is 1.08 bits per heavy atom. The molecule has 0 spiro atoms. The van der Waals surface area contributed by atoms with Crippen LogP contribution >= 0.6 is 0 Å². The lowest BCUT2D eigenvalue weighted by atomic mass is 10.1. The van der Waals surface area contributed by atoms with Crippen LogP contribution < -0.4 is 4.90 Å². The first-order chi connectivity index (χ1) is 11.8. The van der Waals surface area contributed by atoms with Crippen molar-refractivity contribution in [2.24, 2.45) is 0 Å². The summed E-state index contributed by atoms with van der Waals surface area (Å²) in [6.45, 7) is 3.31. The summed E-state index contributed by atoms with van der Waals surface area (Å²) >= 11 is 0. The number of anilines is 1. The lowest BCUT2D eigenvalue weighted by Gasteiger charge is -2.29. The number of hydrogen-bond donors (Lipinski definition) is 0. The Bertz CT molecular complexity index is 651. The summed E-state index contributed by atoms with van der Waals surface area (Å²) in [5, 5.41) is 8.14. The maximum Gasteiger partial charge on any atom is 0.327 e. The quantitative estimate of drug-likeness (QED) is 0.800. The van der Waals surface area contributed by atoms with Gasteiger partial charge in [-0.05, 0) is 24.1 Å². The van der Waals surface area contributed by atoms with E-state index in [9.17, 15) is 4.79 Å². The molecule has 1 saturated heterocycles. The van der Waals surface area contributed by atoms with E-state index in [1.165, 1.54) is 7.11 Å². The Labute approximate surface area is 142 Å². The molecule has 1 unspecified atom stereocenters. The Morgan fingerprint density at radius 2 is 1.92 bits per heavy atom. The number of benzene rings is 1. The molecule has 1 aliphatic rings. The molecular formula is C18H22N4O2. The molecule has 126 valence electrons. The van der Waals surface area contributed by atoms with Gasteiger partial charge in [-0.1, -0.05) is 30.3 Å². The molecular weight excluding hydrogens is 304 g/mol. The third-order valence-corrected chi connectivity index (χ3v) is 4.32. The van der Waals surface area contributed by atoms with Crippen LogP contribution in [0.15, 0.2) is 48.7 Å². The number of carbonyl (C=O) groups is 1. The summed E-state index contributed by atoms with van der Waals surface area (Å²) in [4.78, 5) is 16.8.